The summed E-state index contributed by atoms with van der Waals surface area (Å²) < 4.78 is 29.2. The normalized spacial score (nSPS) is 15.4. The van der Waals surface area contributed by atoms with Gasteiger partial charge in [0.2, 0.25) is 0 Å². The summed E-state index contributed by atoms with van der Waals surface area (Å²) in [7, 11) is -4.13. The van der Waals surface area contributed by atoms with Crippen LogP contribution in [0.15, 0.2) is 47.8 Å². The van der Waals surface area contributed by atoms with E-state index in [9.17, 15) is 18.5 Å². The van der Waals surface area contributed by atoms with E-state index in [1.807, 2.05) is 18.2 Å². The van der Waals surface area contributed by atoms with Crippen LogP contribution in [0.25, 0.3) is 11.1 Å². The van der Waals surface area contributed by atoms with Crippen molar-refractivity contribution in [1.82, 2.24) is 19.5 Å². The molecule has 0 bridgehead atoms. The van der Waals surface area contributed by atoms with E-state index in [0.29, 0.717) is 16.8 Å². The number of fused-ring (bicyclic) bond motifs is 1. The van der Waals surface area contributed by atoms with Gasteiger partial charge in [-0.05, 0) is 73.4 Å². The molecule has 1 aromatic carbocycles. The number of amides is 2. The predicted molar refractivity (Wildman–Crippen MR) is 121 cm³/mol. The van der Waals surface area contributed by atoms with Gasteiger partial charge in [0, 0.05) is 18.0 Å². The Labute approximate surface area is 191 Å². The SMILES string of the molecule is N#Cc1cc(-c2ccc3c(c2NC(=O)NS(=O)(=O)c2ccn(C4CCC4)n2)CCC3)ccn1. The van der Waals surface area contributed by atoms with Crippen LogP contribution >= 0.6 is 0 Å². The number of pyridine rings is 1. The molecule has 2 N–H and O–H groups in total. The van der Waals surface area contributed by atoms with E-state index in [-0.39, 0.29) is 16.8 Å². The molecule has 10 heteroatoms. The molecule has 33 heavy (non-hydrogen) atoms. The molecule has 2 heterocycles. The molecular formula is C23H22N6O3S. The maximum absolute atomic E-state index is 12.8. The molecule has 0 spiro atoms. The molecule has 2 aliphatic rings. The molecular weight excluding hydrogens is 440 g/mol. The number of nitriles is 1. The number of carbonyl (C=O) groups is 1. The fourth-order valence-corrected chi connectivity index (χ4v) is 5.18. The van der Waals surface area contributed by atoms with Crippen molar-refractivity contribution in [2.75, 3.05) is 5.32 Å². The number of rotatable bonds is 5. The Morgan fingerprint density at radius 3 is 2.76 bits per heavy atom. The second-order valence-electron chi connectivity index (χ2n) is 8.30. The lowest BCUT2D eigenvalue weighted by atomic mass is 9.93. The monoisotopic (exact) mass is 462 g/mol. The molecule has 0 unspecified atom stereocenters. The molecule has 9 nitrogen and oxygen atoms in total. The number of sulfonamides is 1. The number of aryl methyl sites for hydroxylation is 1. The highest BCUT2D eigenvalue weighted by molar-refractivity contribution is 7.90. The summed E-state index contributed by atoms with van der Waals surface area (Å²) >= 11 is 0. The zero-order valence-electron chi connectivity index (χ0n) is 17.8. The first-order valence-corrected chi connectivity index (χ1v) is 12.3. The molecule has 2 aromatic heterocycles. The van der Waals surface area contributed by atoms with E-state index >= 15 is 0 Å². The highest BCUT2D eigenvalue weighted by Gasteiger charge is 2.26. The molecule has 2 amide bonds. The molecule has 5 rings (SSSR count). The van der Waals surface area contributed by atoms with Crippen LogP contribution in [0.3, 0.4) is 0 Å². The van der Waals surface area contributed by atoms with Gasteiger partial charge in [0.1, 0.15) is 11.8 Å². The third-order valence-corrected chi connectivity index (χ3v) is 7.46. The number of carbonyl (C=O) groups excluding carboxylic acids is 1. The number of hydrogen-bond acceptors (Lipinski definition) is 6. The predicted octanol–water partition coefficient (Wildman–Crippen LogP) is 3.54. The standard InChI is InChI=1S/C23H22N6O3S/c24-14-17-13-16(9-11-25-17)20-8-7-15-3-1-6-19(15)22(20)26-23(30)28-33(31,32)21-10-12-29(27-21)18-4-2-5-18/h7-13,18H,1-6H2,(H2,26,28,30). The van der Waals surface area contributed by atoms with Crippen LogP contribution in [-0.4, -0.2) is 29.2 Å². The van der Waals surface area contributed by atoms with Gasteiger partial charge >= 0.3 is 6.03 Å². The maximum atomic E-state index is 12.8. The van der Waals surface area contributed by atoms with E-state index in [1.165, 1.54) is 12.3 Å². The van der Waals surface area contributed by atoms with Gasteiger partial charge in [-0.15, -0.1) is 0 Å². The zero-order chi connectivity index (χ0) is 23.0. The minimum atomic E-state index is -4.13. The van der Waals surface area contributed by atoms with Crippen molar-refractivity contribution in [3.05, 3.63) is 59.5 Å². The molecule has 0 aliphatic heterocycles. The van der Waals surface area contributed by atoms with E-state index in [1.54, 1.807) is 23.0 Å². The van der Waals surface area contributed by atoms with Crippen LogP contribution in [-0.2, 0) is 22.9 Å². The Hall–Kier alpha value is -3.71. The summed E-state index contributed by atoms with van der Waals surface area (Å²) in [6.07, 6.45) is 8.83. The largest absolute Gasteiger partial charge is 0.333 e. The first-order chi connectivity index (χ1) is 15.9. The summed E-state index contributed by atoms with van der Waals surface area (Å²) in [5.41, 5.74) is 4.32. The number of anilines is 1. The fourth-order valence-electron chi connectivity index (χ4n) is 4.34. The van der Waals surface area contributed by atoms with Crippen LogP contribution in [0.1, 0.15) is 48.5 Å². The van der Waals surface area contributed by atoms with Crippen molar-refractivity contribution in [2.45, 2.75) is 49.6 Å². The minimum Gasteiger partial charge on any atom is -0.306 e. The Morgan fingerprint density at radius 2 is 2.00 bits per heavy atom. The molecule has 0 saturated heterocycles. The Balaban J connectivity index is 1.42. The summed E-state index contributed by atoms with van der Waals surface area (Å²) in [4.78, 5) is 16.8. The van der Waals surface area contributed by atoms with E-state index in [4.69, 9.17) is 0 Å². The summed E-state index contributed by atoms with van der Waals surface area (Å²) in [5, 5.41) is 15.9. The Bertz CT molecular complexity index is 1390. The molecule has 2 aliphatic carbocycles. The van der Waals surface area contributed by atoms with E-state index < -0.39 is 16.1 Å². The number of aromatic nitrogens is 3. The van der Waals surface area contributed by atoms with Gasteiger partial charge in [0.15, 0.2) is 5.03 Å². The molecule has 3 aromatic rings. The second-order valence-corrected chi connectivity index (χ2v) is 9.93. The van der Waals surface area contributed by atoms with Crippen molar-refractivity contribution in [3.63, 3.8) is 0 Å². The first kappa shape index (κ1) is 21.2. The molecule has 0 atom stereocenters. The smallest absolute Gasteiger partial charge is 0.306 e. The number of nitrogens with zero attached hydrogens (tertiary/aromatic N) is 4. The van der Waals surface area contributed by atoms with Crippen molar-refractivity contribution >= 4 is 21.7 Å². The molecule has 1 saturated carbocycles. The average molecular weight is 463 g/mol. The second kappa shape index (κ2) is 8.33. The third kappa shape index (κ3) is 4.07. The first-order valence-electron chi connectivity index (χ1n) is 10.8. The number of urea groups is 1. The van der Waals surface area contributed by atoms with E-state index in [2.05, 4.69) is 20.1 Å². The Kier molecular flexibility index (Phi) is 5.34. The quantitative estimate of drug-likeness (QED) is 0.596. The van der Waals surface area contributed by atoms with Crippen molar-refractivity contribution < 1.29 is 13.2 Å². The highest BCUT2D eigenvalue weighted by atomic mass is 32.2. The van der Waals surface area contributed by atoms with Crippen LogP contribution < -0.4 is 10.0 Å². The molecule has 0 radical (unpaired) electrons. The summed E-state index contributed by atoms with van der Waals surface area (Å²) in [6.45, 7) is 0. The highest BCUT2D eigenvalue weighted by Crippen LogP contribution is 2.37. The van der Waals surface area contributed by atoms with Crippen LogP contribution in [0.5, 0.6) is 0 Å². The van der Waals surface area contributed by atoms with Gasteiger partial charge in [-0.25, -0.2) is 14.5 Å². The van der Waals surface area contributed by atoms with Gasteiger partial charge in [-0.3, -0.25) is 4.68 Å². The topological polar surface area (TPSA) is 130 Å². The van der Waals surface area contributed by atoms with Gasteiger partial charge in [0.05, 0.1) is 11.7 Å². The lowest BCUT2D eigenvalue weighted by Crippen LogP contribution is -2.35. The van der Waals surface area contributed by atoms with Gasteiger partial charge in [-0.1, -0.05) is 12.1 Å². The number of nitrogens with one attached hydrogen (secondary N) is 2. The fraction of sp³-hybridized carbons (Fsp3) is 0.304. The zero-order valence-corrected chi connectivity index (χ0v) is 18.6. The van der Waals surface area contributed by atoms with Crippen LogP contribution in [0.2, 0.25) is 0 Å². The van der Waals surface area contributed by atoms with Crippen molar-refractivity contribution in [1.29, 1.82) is 5.26 Å². The third-order valence-electron chi connectivity index (χ3n) is 6.24. The van der Waals surface area contributed by atoms with Crippen LogP contribution in [0, 0.1) is 11.3 Å². The number of benzene rings is 1. The molecule has 1 fully saturated rings. The van der Waals surface area contributed by atoms with Crippen molar-refractivity contribution in [2.24, 2.45) is 0 Å². The Morgan fingerprint density at radius 1 is 1.15 bits per heavy atom. The van der Waals surface area contributed by atoms with Gasteiger partial charge < -0.3 is 5.32 Å². The lowest BCUT2D eigenvalue weighted by Gasteiger charge is -2.25. The van der Waals surface area contributed by atoms with Gasteiger partial charge in [0.25, 0.3) is 10.0 Å². The summed E-state index contributed by atoms with van der Waals surface area (Å²) in [6, 6.07) is 10.1. The summed E-state index contributed by atoms with van der Waals surface area (Å²) in [5.74, 6) is 0. The minimum absolute atomic E-state index is 0.184. The average Bonchev–Trinajstić information content (AvgIpc) is 3.43. The van der Waals surface area contributed by atoms with Crippen LogP contribution in [0.4, 0.5) is 10.5 Å². The number of hydrogen-bond donors (Lipinski definition) is 2. The van der Waals surface area contributed by atoms with E-state index in [0.717, 1.165) is 49.7 Å². The van der Waals surface area contributed by atoms with Crippen molar-refractivity contribution in [3.8, 4) is 17.2 Å². The maximum Gasteiger partial charge on any atom is 0.333 e. The van der Waals surface area contributed by atoms with Gasteiger partial charge in [-0.2, -0.15) is 18.8 Å². The molecule has 168 valence electrons. The lowest BCUT2D eigenvalue weighted by molar-refractivity contribution is 0.256.